The van der Waals surface area contributed by atoms with E-state index in [9.17, 15) is 0 Å². The minimum Gasteiger partial charge on any atom is -0.357 e. The number of benzene rings is 3. The van der Waals surface area contributed by atoms with Gasteiger partial charge in [-0.2, -0.15) is 0 Å². The summed E-state index contributed by atoms with van der Waals surface area (Å²) in [6.07, 6.45) is 0. The Morgan fingerprint density at radius 2 is 1.32 bits per heavy atom. The molecule has 0 saturated heterocycles. The average molecular weight is 324 g/mol. The fourth-order valence-electron chi connectivity index (χ4n) is 4.13. The number of aromatic amines is 1. The second-order valence-electron chi connectivity index (χ2n) is 6.71. The zero-order valence-electron chi connectivity index (χ0n) is 13.9. The predicted molar refractivity (Wildman–Crippen MR) is 103 cm³/mol. The van der Waals surface area contributed by atoms with Crippen LogP contribution >= 0.6 is 0 Å². The van der Waals surface area contributed by atoms with Crippen LogP contribution in [0.25, 0.3) is 10.9 Å². The van der Waals surface area contributed by atoms with E-state index in [1.165, 1.54) is 33.3 Å². The zero-order chi connectivity index (χ0) is 16.6. The molecule has 25 heavy (non-hydrogen) atoms. The van der Waals surface area contributed by atoms with Crippen molar-refractivity contribution in [2.45, 2.75) is 12.0 Å². The molecule has 3 aromatic carbocycles. The first-order valence-corrected chi connectivity index (χ1v) is 8.85. The smallest absolute Gasteiger partial charge is 0.0732 e. The van der Waals surface area contributed by atoms with Crippen LogP contribution in [0.3, 0.4) is 0 Å². The zero-order valence-corrected chi connectivity index (χ0v) is 13.9. The summed E-state index contributed by atoms with van der Waals surface area (Å²) in [6.45, 7) is 0.943. The Balaban J connectivity index is 1.73. The topological polar surface area (TPSA) is 27.8 Å². The predicted octanol–water partition coefficient (Wildman–Crippen LogP) is 4.99. The molecule has 0 spiro atoms. The van der Waals surface area contributed by atoms with Gasteiger partial charge in [0.25, 0.3) is 0 Å². The van der Waals surface area contributed by atoms with Crippen LogP contribution in [-0.2, 0) is 0 Å². The molecule has 0 aliphatic carbocycles. The standard InChI is InChI=1S/C23H20N2/c1-3-9-16(10-4-1)19-15-24-22(17-11-5-2-6-12-17)23-21(19)18-13-7-8-14-20(18)25-23/h1-14,19,22,24-25H,15H2/t19-,22-/m1/s1. The molecule has 0 saturated carbocycles. The number of para-hydroxylation sites is 1. The van der Waals surface area contributed by atoms with Crippen molar-refractivity contribution in [3.63, 3.8) is 0 Å². The maximum atomic E-state index is 3.77. The average Bonchev–Trinajstić information content (AvgIpc) is 3.08. The van der Waals surface area contributed by atoms with Gasteiger partial charge in [0.1, 0.15) is 0 Å². The van der Waals surface area contributed by atoms with Gasteiger partial charge in [0, 0.05) is 29.1 Å². The minimum absolute atomic E-state index is 0.212. The van der Waals surface area contributed by atoms with E-state index in [1.54, 1.807) is 0 Å². The largest absolute Gasteiger partial charge is 0.357 e. The van der Waals surface area contributed by atoms with Gasteiger partial charge in [-0.05, 0) is 22.8 Å². The van der Waals surface area contributed by atoms with Gasteiger partial charge in [0.2, 0.25) is 0 Å². The Labute approximate surface area is 147 Å². The highest BCUT2D eigenvalue weighted by molar-refractivity contribution is 5.86. The summed E-state index contributed by atoms with van der Waals surface area (Å²) in [6, 6.07) is 30.4. The lowest BCUT2D eigenvalue weighted by atomic mass is 9.83. The lowest BCUT2D eigenvalue weighted by molar-refractivity contribution is 0.525. The van der Waals surface area contributed by atoms with Gasteiger partial charge in [-0.1, -0.05) is 78.9 Å². The molecule has 0 bridgehead atoms. The van der Waals surface area contributed by atoms with Gasteiger partial charge in [0.05, 0.1) is 6.04 Å². The maximum absolute atomic E-state index is 3.77. The maximum Gasteiger partial charge on any atom is 0.0732 e. The van der Waals surface area contributed by atoms with E-state index in [4.69, 9.17) is 0 Å². The summed E-state index contributed by atoms with van der Waals surface area (Å²) in [5.74, 6) is 0.368. The lowest BCUT2D eigenvalue weighted by Crippen LogP contribution is -2.34. The number of rotatable bonds is 2. The van der Waals surface area contributed by atoms with Crippen LogP contribution in [0, 0.1) is 0 Å². The second-order valence-corrected chi connectivity index (χ2v) is 6.71. The molecule has 0 amide bonds. The Kier molecular flexibility index (Phi) is 3.43. The first kappa shape index (κ1) is 14.5. The van der Waals surface area contributed by atoms with Gasteiger partial charge in [0.15, 0.2) is 0 Å². The number of aromatic nitrogens is 1. The van der Waals surface area contributed by atoms with Crippen LogP contribution in [0.15, 0.2) is 84.9 Å². The summed E-state index contributed by atoms with van der Waals surface area (Å²) in [5, 5.41) is 5.11. The Hall–Kier alpha value is -2.84. The van der Waals surface area contributed by atoms with Crippen molar-refractivity contribution in [3.05, 3.63) is 107 Å². The third-order valence-corrected chi connectivity index (χ3v) is 5.27. The highest BCUT2D eigenvalue weighted by Crippen LogP contribution is 2.41. The molecule has 1 aromatic heterocycles. The van der Waals surface area contributed by atoms with E-state index in [1.807, 2.05) is 0 Å². The van der Waals surface area contributed by atoms with Gasteiger partial charge in [-0.15, -0.1) is 0 Å². The van der Waals surface area contributed by atoms with Crippen LogP contribution in [0.2, 0.25) is 0 Å². The van der Waals surface area contributed by atoms with E-state index in [0.717, 1.165) is 6.54 Å². The van der Waals surface area contributed by atoms with E-state index in [0.29, 0.717) is 5.92 Å². The van der Waals surface area contributed by atoms with Gasteiger partial charge >= 0.3 is 0 Å². The van der Waals surface area contributed by atoms with Crippen LogP contribution in [0.1, 0.15) is 34.3 Å². The molecule has 2 heterocycles. The molecule has 2 N–H and O–H groups in total. The summed E-state index contributed by atoms with van der Waals surface area (Å²) in [4.78, 5) is 3.70. The summed E-state index contributed by atoms with van der Waals surface area (Å²) in [5.41, 5.74) is 6.63. The number of hydrogen-bond acceptors (Lipinski definition) is 1. The van der Waals surface area contributed by atoms with Crippen molar-refractivity contribution < 1.29 is 0 Å². The number of hydrogen-bond donors (Lipinski definition) is 2. The van der Waals surface area contributed by atoms with E-state index in [-0.39, 0.29) is 6.04 Å². The molecule has 1 aliphatic rings. The first-order chi connectivity index (χ1) is 12.4. The van der Waals surface area contributed by atoms with Crippen molar-refractivity contribution in [2.24, 2.45) is 0 Å². The van der Waals surface area contributed by atoms with Crippen molar-refractivity contribution in [1.29, 1.82) is 0 Å². The molecule has 2 atom stereocenters. The highest BCUT2D eigenvalue weighted by Gasteiger charge is 2.32. The molecule has 0 radical (unpaired) electrons. The van der Waals surface area contributed by atoms with Gasteiger partial charge < -0.3 is 10.3 Å². The molecule has 5 rings (SSSR count). The first-order valence-electron chi connectivity index (χ1n) is 8.85. The Morgan fingerprint density at radius 1 is 0.680 bits per heavy atom. The quantitative estimate of drug-likeness (QED) is 0.534. The van der Waals surface area contributed by atoms with Crippen molar-refractivity contribution in [2.75, 3.05) is 6.54 Å². The van der Waals surface area contributed by atoms with Crippen LogP contribution in [-0.4, -0.2) is 11.5 Å². The van der Waals surface area contributed by atoms with Crippen LogP contribution in [0.4, 0.5) is 0 Å². The molecule has 122 valence electrons. The molecule has 0 fully saturated rings. The molecule has 4 aromatic rings. The molecule has 1 aliphatic heterocycles. The molecule has 2 nitrogen and oxygen atoms in total. The third-order valence-electron chi connectivity index (χ3n) is 5.27. The van der Waals surface area contributed by atoms with Gasteiger partial charge in [-0.25, -0.2) is 0 Å². The summed E-state index contributed by atoms with van der Waals surface area (Å²) in [7, 11) is 0. The van der Waals surface area contributed by atoms with Crippen molar-refractivity contribution >= 4 is 10.9 Å². The summed E-state index contributed by atoms with van der Waals surface area (Å²) < 4.78 is 0. The van der Waals surface area contributed by atoms with E-state index < -0.39 is 0 Å². The van der Waals surface area contributed by atoms with Crippen molar-refractivity contribution in [3.8, 4) is 0 Å². The Bertz CT molecular complexity index is 1000. The van der Waals surface area contributed by atoms with E-state index in [2.05, 4.69) is 95.2 Å². The molecular formula is C23H20N2. The number of H-pyrrole nitrogens is 1. The summed E-state index contributed by atoms with van der Waals surface area (Å²) >= 11 is 0. The van der Waals surface area contributed by atoms with E-state index >= 15 is 0 Å². The highest BCUT2D eigenvalue weighted by atomic mass is 15.0. The second kappa shape index (κ2) is 5.91. The van der Waals surface area contributed by atoms with Crippen molar-refractivity contribution in [1.82, 2.24) is 10.3 Å². The van der Waals surface area contributed by atoms with Crippen LogP contribution < -0.4 is 5.32 Å². The number of nitrogens with one attached hydrogen (secondary N) is 2. The number of fused-ring (bicyclic) bond motifs is 3. The fraction of sp³-hybridized carbons (Fsp3) is 0.130. The molecule has 0 unspecified atom stereocenters. The Morgan fingerprint density at radius 3 is 2.08 bits per heavy atom. The minimum atomic E-state index is 0.212. The SMILES string of the molecule is c1ccc([C@H]2CN[C@H](c3ccccc3)c3[nH]c4ccccc4c32)cc1. The lowest BCUT2D eigenvalue weighted by Gasteiger charge is -2.31. The van der Waals surface area contributed by atoms with Crippen LogP contribution in [0.5, 0.6) is 0 Å². The molecular weight excluding hydrogens is 304 g/mol. The van der Waals surface area contributed by atoms with Gasteiger partial charge in [-0.3, -0.25) is 0 Å². The molecule has 2 heteroatoms. The normalized spacial score (nSPS) is 19.7. The third kappa shape index (κ3) is 2.38. The monoisotopic (exact) mass is 324 g/mol. The fourth-order valence-corrected chi connectivity index (χ4v) is 4.13.